The molecular formula is C29H27F3N4O6. The van der Waals surface area contributed by atoms with Crippen molar-refractivity contribution in [3.05, 3.63) is 59.7 Å². The maximum atomic E-state index is 14.1. The standard InChI is InChI=1S/C29H27F3N4O6/c30-29(31,32)21-22(16-7-3-1-4-8-16)35-41-24(21)26-34-25(36-42-26)17-9-10-18-20(13-17)40-14-19(23(18)37)33-15-28(27(38)39)11-5-2-6-12-28/h1,3-4,7-10,13,19,23,33,37H,2,5-6,11-12,14-15H2,(H,38,39)/t19-,23+/m1/s1. The van der Waals surface area contributed by atoms with Gasteiger partial charge in [-0.2, -0.15) is 18.2 Å². The lowest BCUT2D eigenvalue weighted by molar-refractivity contribution is -0.151. The fraction of sp³-hybridized carbons (Fsp3) is 0.379. The van der Waals surface area contributed by atoms with E-state index in [-0.39, 0.29) is 24.5 Å². The third-order valence-electron chi connectivity index (χ3n) is 8.00. The molecule has 0 bridgehead atoms. The van der Waals surface area contributed by atoms with Crippen molar-refractivity contribution in [2.24, 2.45) is 5.41 Å². The first-order valence-electron chi connectivity index (χ1n) is 13.5. The van der Waals surface area contributed by atoms with Gasteiger partial charge >= 0.3 is 12.1 Å². The van der Waals surface area contributed by atoms with Crippen LogP contribution in [0.25, 0.3) is 34.3 Å². The van der Waals surface area contributed by atoms with E-state index in [1.165, 1.54) is 12.1 Å². The second kappa shape index (κ2) is 10.9. The van der Waals surface area contributed by atoms with Gasteiger partial charge in [-0.1, -0.05) is 72.0 Å². The van der Waals surface area contributed by atoms with Crippen LogP contribution in [0.1, 0.15) is 49.3 Å². The van der Waals surface area contributed by atoms with Crippen molar-refractivity contribution in [3.63, 3.8) is 0 Å². The molecule has 0 saturated heterocycles. The Morgan fingerprint density at radius 1 is 1.02 bits per heavy atom. The van der Waals surface area contributed by atoms with Crippen molar-refractivity contribution >= 4 is 5.97 Å². The van der Waals surface area contributed by atoms with Crippen LogP contribution in [0.15, 0.2) is 57.6 Å². The number of benzene rings is 2. The summed E-state index contributed by atoms with van der Waals surface area (Å²) in [6.45, 7) is 0.306. The molecule has 1 fully saturated rings. The van der Waals surface area contributed by atoms with E-state index in [4.69, 9.17) is 13.8 Å². The summed E-state index contributed by atoms with van der Waals surface area (Å²) >= 11 is 0. The van der Waals surface area contributed by atoms with Gasteiger partial charge in [-0.25, -0.2) is 0 Å². The van der Waals surface area contributed by atoms with Gasteiger partial charge in [0.15, 0.2) is 0 Å². The lowest BCUT2D eigenvalue weighted by Crippen LogP contribution is -2.50. The highest BCUT2D eigenvalue weighted by molar-refractivity contribution is 5.75. The summed E-state index contributed by atoms with van der Waals surface area (Å²) < 4.78 is 58.2. The zero-order valence-corrected chi connectivity index (χ0v) is 22.2. The van der Waals surface area contributed by atoms with Gasteiger partial charge in [-0.15, -0.1) is 0 Å². The van der Waals surface area contributed by atoms with E-state index in [0.29, 0.717) is 29.7 Å². The van der Waals surface area contributed by atoms with E-state index in [9.17, 15) is 28.2 Å². The molecule has 2 aliphatic rings. The van der Waals surface area contributed by atoms with Gasteiger partial charge in [0.05, 0.1) is 11.5 Å². The normalized spacial score (nSPS) is 20.1. The first-order chi connectivity index (χ1) is 20.2. The Hall–Kier alpha value is -4.23. The zero-order valence-electron chi connectivity index (χ0n) is 22.2. The largest absolute Gasteiger partial charge is 0.491 e. The summed E-state index contributed by atoms with van der Waals surface area (Å²) in [6.07, 6.45) is -1.91. The minimum atomic E-state index is -4.81. The Bertz CT molecular complexity index is 1580. The number of fused-ring (bicyclic) bond motifs is 1. The van der Waals surface area contributed by atoms with Gasteiger partial charge in [-0.3, -0.25) is 4.79 Å². The van der Waals surface area contributed by atoms with Crippen LogP contribution in [0.4, 0.5) is 13.2 Å². The molecule has 0 amide bonds. The number of alkyl halides is 3. The number of ether oxygens (including phenoxy) is 1. The van der Waals surface area contributed by atoms with Crippen LogP contribution in [0.3, 0.4) is 0 Å². The van der Waals surface area contributed by atoms with Crippen molar-refractivity contribution in [1.29, 1.82) is 0 Å². The van der Waals surface area contributed by atoms with E-state index < -0.39 is 52.6 Å². The van der Waals surface area contributed by atoms with Crippen LogP contribution in [-0.2, 0) is 11.0 Å². The number of hydrogen-bond acceptors (Lipinski definition) is 9. The van der Waals surface area contributed by atoms with Crippen molar-refractivity contribution in [2.75, 3.05) is 13.2 Å². The first kappa shape index (κ1) is 27.9. The molecule has 1 saturated carbocycles. The summed E-state index contributed by atoms with van der Waals surface area (Å²) in [5, 5.41) is 31.5. The molecule has 0 unspecified atom stereocenters. The average Bonchev–Trinajstić information content (AvgIpc) is 3.66. The number of nitrogens with zero attached hydrogens (tertiary/aromatic N) is 3. The van der Waals surface area contributed by atoms with Gasteiger partial charge in [0.25, 0.3) is 5.89 Å². The number of halogens is 3. The number of aromatic nitrogens is 3. The second-order valence-electron chi connectivity index (χ2n) is 10.7. The molecule has 1 aliphatic carbocycles. The summed E-state index contributed by atoms with van der Waals surface area (Å²) in [4.78, 5) is 16.1. The summed E-state index contributed by atoms with van der Waals surface area (Å²) in [6, 6.07) is 12.0. The SMILES string of the molecule is O=C(O)C1(CN[C@@H]2COc3cc(-c4noc(-c5onc(-c6ccccc6)c5C(F)(F)F)n4)ccc3[C@@H]2O)CCCCC1. The Kier molecular flexibility index (Phi) is 7.23. The van der Waals surface area contributed by atoms with Gasteiger partial charge in [0.1, 0.15) is 29.7 Å². The van der Waals surface area contributed by atoms with Gasteiger partial charge in [0, 0.05) is 23.2 Å². The maximum absolute atomic E-state index is 14.1. The molecule has 2 atom stereocenters. The molecule has 1 aliphatic heterocycles. The Morgan fingerprint density at radius 2 is 1.79 bits per heavy atom. The number of carboxylic acid groups (broad SMARTS) is 1. The Balaban J connectivity index is 1.22. The first-order valence-corrected chi connectivity index (χ1v) is 13.5. The quantitative estimate of drug-likeness (QED) is 0.255. The lowest BCUT2D eigenvalue weighted by atomic mass is 9.74. The van der Waals surface area contributed by atoms with Crippen molar-refractivity contribution in [2.45, 2.75) is 50.4 Å². The molecule has 6 rings (SSSR count). The molecule has 10 nitrogen and oxygen atoms in total. The number of aliphatic hydroxyl groups is 1. The highest BCUT2D eigenvalue weighted by atomic mass is 19.4. The lowest BCUT2D eigenvalue weighted by Gasteiger charge is -2.37. The minimum absolute atomic E-state index is 0.0161. The maximum Gasteiger partial charge on any atom is 0.422 e. The summed E-state index contributed by atoms with van der Waals surface area (Å²) in [5.41, 5.74) is -1.32. The number of carbonyl (C=O) groups is 1. The minimum Gasteiger partial charge on any atom is -0.491 e. The zero-order chi connectivity index (χ0) is 29.5. The molecule has 0 spiro atoms. The molecule has 42 heavy (non-hydrogen) atoms. The van der Waals surface area contributed by atoms with E-state index >= 15 is 0 Å². The van der Waals surface area contributed by atoms with Crippen LogP contribution in [0.5, 0.6) is 5.75 Å². The van der Waals surface area contributed by atoms with Crippen LogP contribution in [0.2, 0.25) is 0 Å². The van der Waals surface area contributed by atoms with Gasteiger partial charge < -0.3 is 29.3 Å². The number of carboxylic acids is 1. The molecule has 0 radical (unpaired) electrons. The predicted octanol–water partition coefficient (Wildman–Crippen LogP) is 5.50. The van der Waals surface area contributed by atoms with Gasteiger partial charge in [-0.05, 0) is 18.9 Å². The number of aliphatic hydroxyl groups excluding tert-OH is 1. The number of nitrogens with one attached hydrogen (secondary N) is 1. The van der Waals surface area contributed by atoms with Crippen LogP contribution < -0.4 is 10.1 Å². The third kappa shape index (κ3) is 5.13. The average molecular weight is 585 g/mol. The fourth-order valence-electron chi connectivity index (χ4n) is 5.65. The molecule has 13 heteroatoms. The summed E-state index contributed by atoms with van der Waals surface area (Å²) in [5.74, 6) is -1.70. The number of aliphatic carboxylic acids is 1. The van der Waals surface area contributed by atoms with E-state index in [1.807, 2.05) is 0 Å². The molecule has 2 aromatic carbocycles. The molecular weight excluding hydrogens is 557 g/mol. The predicted molar refractivity (Wildman–Crippen MR) is 141 cm³/mol. The monoisotopic (exact) mass is 584 g/mol. The van der Waals surface area contributed by atoms with Crippen molar-refractivity contribution in [1.82, 2.24) is 20.6 Å². The smallest absolute Gasteiger partial charge is 0.422 e. The van der Waals surface area contributed by atoms with Crippen LogP contribution >= 0.6 is 0 Å². The number of rotatable bonds is 7. The highest BCUT2D eigenvalue weighted by Gasteiger charge is 2.43. The molecule has 2 aromatic heterocycles. The van der Waals surface area contributed by atoms with E-state index in [0.717, 1.165) is 19.3 Å². The van der Waals surface area contributed by atoms with Crippen molar-refractivity contribution < 1.29 is 42.0 Å². The molecule has 220 valence electrons. The summed E-state index contributed by atoms with van der Waals surface area (Å²) in [7, 11) is 0. The fourth-order valence-corrected chi connectivity index (χ4v) is 5.65. The highest BCUT2D eigenvalue weighted by Crippen LogP contribution is 2.43. The van der Waals surface area contributed by atoms with E-state index in [1.54, 1.807) is 36.4 Å². The van der Waals surface area contributed by atoms with Crippen LogP contribution in [-0.4, -0.2) is 50.7 Å². The molecule has 3 heterocycles. The third-order valence-corrected chi connectivity index (χ3v) is 8.00. The number of hydrogen-bond donors (Lipinski definition) is 3. The van der Waals surface area contributed by atoms with Gasteiger partial charge in [0.2, 0.25) is 11.6 Å². The van der Waals surface area contributed by atoms with E-state index in [2.05, 4.69) is 20.6 Å². The topological polar surface area (TPSA) is 144 Å². The molecule has 4 aromatic rings. The second-order valence-corrected chi connectivity index (χ2v) is 10.7. The Morgan fingerprint density at radius 3 is 2.50 bits per heavy atom. The van der Waals surface area contributed by atoms with Crippen LogP contribution in [0, 0.1) is 5.41 Å². The molecule has 3 N–H and O–H groups in total. The van der Waals surface area contributed by atoms with Crippen molar-refractivity contribution in [3.8, 4) is 40.0 Å². The Labute approximate surface area is 237 Å².